The van der Waals surface area contributed by atoms with E-state index in [1.165, 1.54) is 4.90 Å². The van der Waals surface area contributed by atoms with Gasteiger partial charge in [0.25, 0.3) is 0 Å². The van der Waals surface area contributed by atoms with Gasteiger partial charge in [-0.2, -0.15) is 0 Å². The van der Waals surface area contributed by atoms with Crippen LogP contribution in [0.2, 0.25) is 5.02 Å². The number of allylic oxidation sites excluding steroid dienone is 2. The number of rotatable bonds is 3. The van der Waals surface area contributed by atoms with Crippen molar-refractivity contribution < 1.29 is 9.59 Å². The van der Waals surface area contributed by atoms with Gasteiger partial charge in [0.15, 0.2) is 0 Å². The molecule has 4 nitrogen and oxygen atoms in total. The summed E-state index contributed by atoms with van der Waals surface area (Å²) in [5, 5.41) is 4.26. The van der Waals surface area contributed by atoms with E-state index < -0.39 is 0 Å². The van der Waals surface area contributed by atoms with Crippen molar-refractivity contribution >= 4 is 40.7 Å². The zero-order chi connectivity index (χ0) is 15.0. The van der Waals surface area contributed by atoms with Gasteiger partial charge in [-0.15, -0.1) is 0 Å². The molecular weight excluding hydrogens is 311 g/mol. The van der Waals surface area contributed by atoms with E-state index in [0.717, 1.165) is 0 Å². The molecular formula is C15H14Cl2N2O2. The van der Waals surface area contributed by atoms with Crippen LogP contribution in [0, 0.1) is 11.8 Å². The normalized spacial score (nSPS) is 24.9. The van der Waals surface area contributed by atoms with Crippen molar-refractivity contribution in [1.29, 1.82) is 0 Å². The molecule has 2 aliphatic rings. The average molecular weight is 325 g/mol. The summed E-state index contributed by atoms with van der Waals surface area (Å²) >= 11 is 12.0. The molecule has 0 saturated carbocycles. The first-order chi connectivity index (χ1) is 10.1. The highest BCUT2D eigenvalue weighted by Gasteiger charge is 2.48. The van der Waals surface area contributed by atoms with Crippen LogP contribution in [0.3, 0.4) is 0 Å². The number of carbonyl (C=O) groups is 2. The quantitative estimate of drug-likeness (QED) is 0.868. The second-order valence-electron chi connectivity index (χ2n) is 5.22. The van der Waals surface area contributed by atoms with Crippen molar-refractivity contribution in [2.24, 2.45) is 11.8 Å². The van der Waals surface area contributed by atoms with Gasteiger partial charge in [0, 0.05) is 5.03 Å². The maximum Gasteiger partial charge on any atom is 0.234 e. The third-order valence-electron chi connectivity index (χ3n) is 3.96. The van der Waals surface area contributed by atoms with Crippen LogP contribution in [-0.2, 0) is 9.59 Å². The molecule has 110 valence electrons. The number of hydrogen-bond donors (Lipinski definition) is 1. The molecule has 0 unspecified atom stereocenters. The molecule has 21 heavy (non-hydrogen) atoms. The van der Waals surface area contributed by atoms with E-state index >= 15 is 0 Å². The molecule has 1 fully saturated rings. The van der Waals surface area contributed by atoms with Gasteiger partial charge in [0.2, 0.25) is 11.8 Å². The van der Waals surface area contributed by atoms with Crippen LogP contribution in [0.4, 0.5) is 5.69 Å². The van der Waals surface area contributed by atoms with Crippen molar-refractivity contribution in [1.82, 2.24) is 4.90 Å². The number of nitrogens with one attached hydrogen (secondary N) is 1. The first-order valence-electron chi connectivity index (χ1n) is 6.76. The lowest BCUT2D eigenvalue weighted by Crippen LogP contribution is -2.35. The molecule has 0 radical (unpaired) electrons. The third kappa shape index (κ3) is 2.65. The standard InChI is InChI=1S/C15H14Cl2N2O2/c16-9-5-6-10-11(7-9)15(21)19(14(10)20)8-18-13-4-2-1-3-12(13)17/h1-5,10-11,18H,6-8H2/t10-,11+/m0/s1. The number of amides is 2. The highest BCUT2D eigenvalue weighted by atomic mass is 35.5. The average Bonchev–Trinajstić information content (AvgIpc) is 2.70. The van der Waals surface area contributed by atoms with Crippen LogP contribution in [0.5, 0.6) is 0 Å². The summed E-state index contributed by atoms with van der Waals surface area (Å²) in [5.41, 5.74) is 0.700. The summed E-state index contributed by atoms with van der Waals surface area (Å²) in [7, 11) is 0. The summed E-state index contributed by atoms with van der Waals surface area (Å²) in [4.78, 5) is 25.9. The zero-order valence-corrected chi connectivity index (χ0v) is 12.7. The summed E-state index contributed by atoms with van der Waals surface area (Å²) in [6.07, 6.45) is 2.83. The molecule has 1 aliphatic carbocycles. The Hall–Kier alpha value is -1.52. The second kappa shape index (κ2) is 5.70. The largest absolute Gasteiger partial charge is 0.366 e. The Bertz CT molecular complexity index is 630. The maximum atomic E-state index is 12.3. The van der Waals surface area contributed by atoms with Gasteiger partial charge >= 0.3 is 0 Å². The van der Waals surface area contributed by atoms with E-state index in [2.05, 4.69) is 5.32 Å². The molecule has 0 spiro atoms. The minimum Gasteiger partial charge on any atom is -0.366 e. The second-order valence-corrected chi connectivity index (χ2v) is 6.12. The van der Waals surface area contributed by atoms with E-state index in [4.69, 9.17) is 23.2 Å². The Kier molecular flexibility index (Phi) is 3.91. The van der Waals surface area contributed by atoms with Crippen LogP contribution in [0.15, 0.2) is 35.4 Å². The Morgan fingerprint density at radius 3 is 2.62 bits per heavy atom. The zero-order valence-electron chi connectivity index (χ0n) is 11.2. The fourth-order valence-electron chi connectivity index (χ4n) is 2.82. The molecule has 1 aromatic rings. The number of anilines is 1. The van der Waals surface area contributed by atoms with Crippen molar-refractivity contribution in [2.75, 3.05) is 12.0 Å². The van der Waals surface area contributed by atoms with Gasteiger partial charge in [0.1, 0.15) is 0 Å². The lowest BCUT2D eigenvalue weighted by Gasteiger charge is -2.17. The number of likely N-dealkylation sites (tertiary alicyclic amines) is 1. The fraction of sp³-hybridized carbons (Fsp3) is 0.333. The van der Waals surface area contributed by atoms with Gasteiger partial charge in [-0.25, -0.2) is 0 Å². The van der Waals surface area contributed by atoms with Crippen LogP contribution in [0.25, 0.3) is 0 Å². The highest BCUT2D eigenvalue weighted by Crippen LogP contribution is 2.38. The van der Waals surface area contributed by atoms with E-state index in [1.54, 1.807) is 12.1 Å². The number of carbonyl (C=O) groups excluding carboxylic acids is 2. The lowest BCUT2D eigenvalue weighted by atomic mass is 9.85. The number of para-hydroxylation sites is 1. The Morgan fingerprint density at radius 1 is 1.14 bits per heavy atom. The minimum atomic E-state index is -0.317. The number of fused-ring (bicyclic) bond motifs is 1. The molecule has 1 heterocycles. The predicted molar refractivity (Wildman–Crippen MR) is 81.9 cm³/mol. The number of halogens is 2. The van der Waals surface area contributed by atoms with Crippen LogP contribution in [0.1, 0.15) is 12.8 Å². The minimum absolute atomic E-state index is 0.131. The smallest absolute Gasteiger partial charge is 0.234 e. The van der Waals surface area contributed by atoms with Crippen LogP contribution < -0.4 is 5.32 Å². The predicted octanol–water partition coefficient (Wildman–Crippen LogP) is 3.23. The fourth-order valence-corrected chi connectivity index (χ4v) is 3.28. The molecule has 1 aliphatic heterocycles. The van der Waals surface area contributed by atoms with E-state index in [9.17, 15) is 9.59 Å². The molecule has 6 heteroatoms. The van der Waals surface area contributed by atoms with Crippen LogP contribution in [-0.4, -0.2) is 23.4 Å². The van der Waals surface area contributed by atoms with Gasteiger partial charge in [-0.1, -0.05) is 41.4 Å². The first kappa shape index (κ1) is 14.4. The Balaban J connectivity index is 1.71. The summed E-state index contributed by atoms with van der Waals surface area (Å²) in [5.74, 6) is -0.878. The van der Waals surface area contributed by atoms with Gasteiger partial charge in [0.05, 0.1) is 29.2 Å². The summed E-state index contributed by atoms with van der Waals surface area (Å²) < 4.78 is 0. The Morgan fingerprint density at radius 2 is 1.86 bits per heavy atom. The maximum absolute atomic E-state index is 12.3. The molecule has 2 atom stereocenters. The molecule has 1 saturated heterocycles. The molecule has 2 amide bonds. The molecule has 1 N–H and O–H groups in total. The van der Waals surface area contributed by atoms with E-state index in [-0.39, 0.29) is 30.3 Å². The van der Waals surface area contributed by atoms with Gasteiger partial charge < -0.3 is 5.32 Å². The SMILES string of the molecule is O=C1[C@H]2CC=C(Cl)C[C@H]2C(=O)N1CNc1ccccc1Cl. The van der Waals surface area contributed by atoms with E-state index in [1.807, 2.05) is 18.2 Å². The van der Waals surface area contributed by atoms with Gasteiger partial charge in [-0.05, 0) is 25.0 Å². The van der Waals surface area contributed by atoms with Crippen molar-refractivity contribution in [3.63, 3.8) is 0 Å². The molecule has 3 rings (SSSR count). The van der Waals surface area contributed by atoms with Crippen LogP contribution >= 0.6 is 23.2 Å². The lowest BCUT2D eigenvalue weighted by molar-refractivity contribution is -0.139. The molecule has 0 bridgehead atoms. The number of benzene rings is 1. The number of nitrogens with zero attached hydrogens (tertiary/aromatic N) is 1. The van der Waals surface area contributed by atoms with Crippen molar-refractivity contribution in [3.05, 3.63) is 40.4 Å². The summed E-state index contributed by atoms with van der Waals surface area (Å²) in [6.45, 7) is 0.131. The van der Waals surface area contributed by atoms with E-state index in [0.29, 0.717) is 28.6 Å². The monoisotopic (exact) mass is 324 g/mol. The van der Waals surface area contributed by atoms with Gasteiger partial charge in [-0.3, -0.25) is 14.5 Å². The van der Waals surface area contributed by atoms with Crippen molar-refractivity contribution in [3.8, 4) is 0 Å². The summed E-state index contributed by atoms with van der Waals surface area (Å²) in [6, 6.07) is 7.22. The topological polar surface area (TPSA) is 49.4 Å². The molecule has 1 aromatic carbocycles. The molecule has 0 aromatic heterocycles. The first-order valence-corrected chi connectivity index (χ1v) is 7.51. The number of imide groups is 1. The third-order valence-corrected chi connectivity index (χ3v) is 4.60. The van der Waals surface area contributed by atoms with Crippen molar-refractivity contribution in [2.45, 2.75) is 12.8 Å². The Labute approximate surface area is 132 Å². The number of hydrogen-bond acceptors (Lipinski definition) is 3. The highest BCUT2D eigenvalue weighted by molar-refractivity contribution is 6.33.